The molecule has 17 heavy (non-hydrogen) atoms. The number of hydrogen-bond donors (Lipinski definition) is 2. The number of aliphatic hydroxyl groups excluding tert-OH is 1. The van der Waals surface area contributed by atoms with E-state index in [1.807, 2.05) is 0 Å². The van der Waals surface area contributed by atoms with Gasteiger partial charge >= 0.3 is 0 Å². The average Bonchev–Trinajstić information content (AvgIpc) is 2.30. The quantitative estimate of drug-likeness (QED) is 0.876. The predicted octanol–water partition coefficient (Wildman–Crippen LogP) is 3.27. The van der Waals surface area contributed by atoms with Crippen LogP contribution in [0.4, 0.5) is 0 Å². The Labute approximate surface area is 112 Å². The van der Waals surface area contributed by atoms with Gasteiger partial charge in [-0.25, -0.2) is 0 Å². The molecule has 0 saturated heterocycles. The zero-order chi connectivity index (χ0) is 13.0. The largest absolute Gasteiger partial charge is 0.392 e. The van der Waals surface area contributed by atoms with Crippen LogP contribution in [0.15, 0.2) is 16.6 Å². The van der Waals surface area contributed by atoms with Crippen molar-refractivity contribution in [1.82, 2.24) is 0 Å². The Bertz CT molecular complexity index is 379. The van der Waals surface area contributed by atoms with Crippen molar-refractivity contribution in [3.8, 4) is 0 Å². The summed E-state index contributed by atoms with van der Waals surface area (Å²) in [7, 11) is 0. The highest BCUT2D eigenvalue weighted by atomic mass is 79.9. The first kappa shape index (κ1) is 14.7. The standard InChI is InChI=1S/C14H22BrNO/c1-4-11(7-12(17)8-16)13-5-9(2)10(3)6-14(13)15/h5-6,11-12,17H,4,7-8,16H2,1-3H3. The summed E-state index contributed by atoms with van der Waals surface area (Å²) in [5, 5.41) is 9.70. The summed E-state index contributed by atoms with van der Waals surface area (Å²) in [6.45, 7) is 6.71. The summed E-state index contributed by atoms with van der Waals surface area (Å²) in [5.41, 5.74) is 9.35. The molecule has 1 aromatic rings. The summed E-state index contributed by atoms with van der Waals surface area (Å²) in [6.07, 6.45) is 1.33. The number of halogens is 1. The van der Waals surface area contributed by atoms with Crippen molar-refractivity contribution in [2.75, 3.05) is 6.54 Å². The van der Waals surface area contributed by atoms with Crippen LogP contribution in [0.5, 0.6) is 0 Å². The minimum atomic E-state index is -0.409. The van der Waals surface area contributed by atoms with Crippen LogP contribution in [0.3, 0.4) is 0 Å². The fraction of sp³-hybridized carbons (Fsp3) is 0.571. The smallest absolute Gasteiger partial charge is 0.0668 e. The van der Waals surface area contributed by atoms with E-state index in [9.17, 15) is 5.11 Å². The Balaban J connectivity index is 2.99. The van der Waals surface area contributed by atoms with Crippen molar-refractivity contribution in [2.24, 2.45) is 5.73 Å². The SMILES string of the molecule is CCC(CC(O)CN)c1cc(C)c(C)cc1Br. The monoisotopic (exact) mass is 299 g/mol. The van der Waals surface area contributed by atoms with Gasteiger partial charge in [0.15, 0.2) is 0 Å². The zero-order valence-corrected chi connectivity index (χ0v) is 12.4. The highest BCUT2D eigenvalue weighted by Gasteiger charge is 2.17. The second-order valence-corrected chi connectivity index (χ2v) is 5.54. The van der Waals surface area contributed by atoms with Crippen molar-refractivity contribution in [2.45, 2.75) is 45.6 Å². The molecular formula is C14H22BrNO. The average molecular weight is 300 g/mol. The topological polar surface area (TPSA) is 46.2 Å². The maximum Gasteiger partial charge on any atom is 0.0668 e. The summed E-state index contributed by atoms with van der Waals surface area (Å²) in [5.74, 6) is 0.363. The lowest BCUT2D eigenvalue weighted by Crippen LogP contribution is -2.22. The lowest BCUT2D eigenvalue weighted by atomic mass is 9.89. The van der Waals surface area contributed by atoms with E-state index in [2.05, 4.69) is 48.8 Å². The van der Waals surface area contributed by atoms with Crippen LogP contribution < -0.4 is 5.73 Å². The van der Waals surface area contributed by atoms with Crippen LogP contribution in [-0.2, 0) is 0 Å². The van der Waals surface area contributed by atoms with Gasteiger partial charge in [0, 0.05) is 11.0 Å². The molecular weight excluding hydrogens is 278 g/mol. The number of rotatable bonds is 5. The van der Waals surface area contributed by atoms with E-state index < -0.39 is 6.10 Å². The van der Waals surface area contributed by atoms with Crippen molar-refractivity contribution >= 4 is 15.9 Å². The first-order valence-electron chi connectivity index (χ1n) is 6.14. The van der Waals surface area contributed by atoms with E-state index in [0.29, 0.717) is 12.5 Å². The van der Waals surface area contributed by atoms with E-state index in [-0.39, 0.29) is 0 Å². The lowest BCUT2D eigenvalue weighted by Gasteiger charge is -2.21. The van der Waals surface area contributed by atoms with Crippen LogP contribution in [0.1, 0.15) is 42.4 Å². The molecule has 1 aromatic carbocycles. The van der Waals surface area contributed by atoms with Crippen LogP contribution in [0, 0.1) is 13.8 Å². The van der Waals surface area contributed by atoms with E-state index in [0.717, 1.165) is 17.3 Å². The van der Waals surface area contributed by atoms with Crippen molar-refractivity contribution in [3.63, 3.8) is 0 Å². The summed E-state index contributed by atoms with van der Waals surface area (Å²) in [6, 6.07) is 4.37. The van der Waals surface area contributed by atoms with E-state index in [1.54, 1.807) is 0 Å². The van der Waals surface area contributed by atoms with Gasteiger partial charge in [-0.15, -0.1) is 0 Å². The first-order chi connectivity index (χ1) is 7.99. The van der Waals surface area contributed by atoms with Crippen molar-refractivity contribution in [3.05, 3.63) is 33.3 Å². The molecule has 2 unspecified atom stereocenters. The van der Waals surface area contributed by atoms with E-state index in [1.165, 1.54) is 16.7 Å². The predicted molar refractivity (Wildman–Crippen MR) is 76.3 cm³/mol. The Morgan fingerprint density at radius 2 is 1.88 bits per heavy atom. The van der Waals surface area contributed by atoms with Crippen molar-refractivity contribution in [1.29, 1.82) is 0 Å². The normalized spacial score (nSPS) is 14.7. The molecule has 0 amide bonds. The second kappa shape index (κ2) is 6.53. The molecule has 3 heteroatoms. The fourth-order valence-corrected chi connectivity index (χ4v) is 2.84. The number of nitrogens with two attached hydrogens (primary N) is 1. The molecule has 0 aliphatic carbocycles. The third-order valence-corrected chi connectivity index (χ3v) is 4.06. The molecule has 0 aliphatic heterocycles. The Kier molecular flexibility index (Phi) is 5.63. The minimum Gasteiger partial charge on any atom is -0.392 e. The van der Waals surface area contributed by atoms with Gasteiger partial charge in [0.1, 0.15) is 0 Å². The maximum absolute atomic E-state index is 9.70. The number of hydrogen-bond acceptors (Lipinski definition) is 2. The Hall–Kier alpha value is -0.380. The maximum atomic E-state index is 9.70. The molecule has 2 atom stereocenters. The minimum absolute atomic E-state index is 0.332. The molecule has 2 nitrogen and oxygen atoms in total. The van der Waals surface area contributed by atoms with Gasteiger partial charge in [-0.1, -0.05) is 28.9 Å². The van der Waals surface area contributed by atoms with Gasteiger partial charge in [-0.3, -0.25) is 0 Å². The summed E-state index contributed by atoms with van der Waals surface area (Å²) < 4.78 is 1.14. The van der Waals surface area contributed by atoms with Gasteiger partial charge < -0.3 is 10.8 Å². The molecule has 0 aliphatic rings. The molecule has 0 heterocycles. The van der Waals surface area contributed by atoms with E-state index in [4.69, 9.17) is 5.73 Å². The molecule has 96 valence electrons. The molecule has 0 fully saturated rings. The third-order valence-electron chi connectivity index (χ3n) is 3.37. The van der Waals surface area contributed by atoms with Gasteiger partial charge in [-0.2, -0.15) is 0 Å². The van der Waals surface area contributed by atoms with Crippen LogP contribution in [-0.4, -0.2) is 17.8 Å². The summed E-state index contributed by atoms with van der Waals surface area (Å²) in [4.78, 5) is 0. The molecule has 0 bridgehead atoms. The zero-order valence-electron chi connectivity index (χ0n) is 10.8. The molecule has 3 N–H and O–H groups in total. The molecule has 0 aromatic heterocycles. The molecule has 0 saturated carbocycles. The van der Waals surface area contributed by atoms with Gasteiger partial charge in [-0.05, 0) is 55.4 Å². The fourth-order valence-electron chi connectivity index (χ4n) is 2.05. The Morgan fingerprint density at radius 3 is 2.41 bits per heavy atom. The van der Waals surface area contributed by atoms with Crippen LogP contribution in [0.2, 0.25) is 0 Å². The number of benzene rings is 1. The van der Waals surface area contributed by atoms with Gasteiger partial charge in [0.25, 0.3) is 0 Å². The third kappa shape index (κ3) is 3.80. The van der Waals surface area contributed by atoms with Crippen molar-refractivity contribution < 1.29 is 5.11 Å². The second-order valence-electron chi connectivity index (χ2n) is 4.69. The highest BCUT2D eigenvalue weighted by molar-refractivity contribution is 9.10. The van der Waals surface area contributed by atoms with Crippen LogP contribution in [0.25, 0.3) is 0 Å². The van der Waals surface area contributed by atoms with E-state index >= 15 is 0 Å². The lowest BCUT2D eigenvalue weighted by molar-refractivity contribution is 0.162. The number of aryl methyl sites for hydroxylation is 2. The summed E-state index contributed by atoms with van der Waals surface area (Å²) >= 11 is 3.62. The number of aliphatic hydroxyl groups is 1. The van der Waals surface area contributed by atoms with Gasteiger partial charge in [0.05, 0.1) is 6.10 Å². The van der Waals surface area contributed by atoms with Gasteiger partial charge in [0.2, 0.25) is 0 Å². The molecule has 0 spiro atoms. The van der Waals surface area contributed by atoms with Crippen LogP contribution >= 0.6 is 15.9 Å². The Morgan fingerprint density at radius 1 is 1.29 bits per heavy atom. The first-order valence-corrected chi connectivity index (χ1v) is 6.93. The molecule has 1 rings (SSSR count). The highest BCUT2D eigenvalue weighted by Crippen LogP contribution is 2.32. The molecule has 0 radical (unpaired) electrons.